The molecule has 1 aromatic carbocycles. The number of rotatable bonds is 5. The number of nitrogens with zero attached hydrogens (tertiary/aromatic N) is 2. The van der Waals surface area contributed by atoms with Crippen molar-refractivity contribution >= 4 is 16.8 Å². The second kappa shape index (κ2) is 6.91. The Labute approximate surface area is 122 Å². The number of halogens is 1. The van der Waals surface area contributed by atoms with Gasteiger partial charge in [0.1, 0.15) is 11.8 Å². The van der Waals surface area contributed by atoms with Gasteiger partial charge in [0.25, 0.3) is 0 Å². The van der Waals surface area contributed by atoms with Crippen molar-refractivity contribution in [2.45, 2.75) is 20.0 Å². The van der Waals surface area contributed by atoms with E-state index in [1.54, 1.807) is 0 Å². The zero-order chi connectivity index (χ0) is 14.4. The van der Waals surface area contributed by atoms with Crippen LogP contribution in [0.4, 0.5) is 0 Å². The first-order chi connectivity index (χ1) is 9.69. The molecule has 2 rings (SSSR count). The molecule has 104 valence electrons. The number of aryl methyl sites for hydroxylation is 1. The van der Waals surface area contributed by atoms with Gasteiger partial charge in [0.15, 0.2) is 0 Å². The van der Waals surface area contributed by atoms with Crippen molar-refractivity contribution in [3.63, 3.8) is 0 Å². The molecule has 0 aliphatic rings. The number of hydrogen-bond donors (Lipinski definition) is 1. The molecule has 0 saturated heterocycles. The Hall–Kier alpha value is -2.07. The average molecular weight is 291 g/mol. The first-order valence-corrected chi connectivity index (χ1v) is 6.56. The molecular weight excluding hydrogens is 276 g/mol. The molecule has 1 N–H and O–H groups in total. The van der Waals surface area contributed by atoms with Crippen LogP contribution in [0, 0.1) is 6.92 Å². The summed E-state index contributed by atoms with van der Waals surface area (Å²) in [6, 6.07) is 13.3. The Morgan fingerprint density at radius 1 is 1.20 bits per heavy atom. The predicted octanol–water partition coefficient (Wildman–Crippen LogP) is 3.54. The van der Waals surface area contributed by atoms with Crippen molar-refractivity contribution < 1.29 is 9.94 Å². The van der Waals surface area contributed by atoms with E-state index in [1.165, 1.54) is 0 Å². The number of aromatic nitrogens is 1. The Morgan fingerprint density at radius 3 is 2.65 bits per heavy atom. The highest BCUT2D eigenvalue weighted by Gasteiger charge is 2.06. The highest BCUT2D eigenvalue weighted by atomic mass is 35.5. The largest absolute Gasteiger partial charge is 0.473 e. The second-order valence-electron chi connectivity index (χ2n) is 4.33. The SMILES string of the molecule is Cc1cccc(OCc2ccccc2C/C(Cl)=N/O)n1. The molecule has 5 heteroatoms. The Balaban J connectivity index is 2.09. The molecule has 0 atom stereocenters. The fraction of sp³-hybridized carbons (Fsp3) is 0.200. The van der Waals surface area contributed by atoms with Gasteiger partial charge in [0.2, 0.25) is 5.88 Å². The Bertz CT molecular complexity index is 614. The van der Waals surface area contributed by atoms with Crippen LogP contribution in [0.2, 0.25) is 0 Å². The minimum absolute atomic E-state index is 0.145. The maximum atomic E-state index is 8.64. The molecule has 0 saturated carbocycles. The van der Waals surface area contributed by atoms with Crippen LogP contribution in [0.25, 0.3) is 0 Å². The highest BCUT2D eigenvalue weighted by molar-refractivity contribution is 6.65. The number of oxime groups is 1. The molecule has 2 aromatic rings. The molecule has 0 aliphatic heterocycles. The smallest absolute Gasteiger partial charge is 0.213 e. The van der Waals surface area contributed by atoms with Gasteiger partial charge < -0.3 is 9.94 Å². The lowest BCUT2D eigenvalue weighted by Crippen LogP contribution is -2.04. The number of ether oxygens (including phenoxy) is 1. The summed E-state index contributed by atoms with van der Waals surface area (Å²) in [6.07, 6.45) is 0.374. The summed E-state index contributed by atoms with van der Waals surface area (Å²) in [4.78, 5) is 4.28. The lowest BCUT2D eigenvalue weighted by atomic mass is 10.1. The standard InChI is InChI=1S/C15H15ClN2O2/c1-11-5-4-8-15(17-11)20-10-13-7-3-2-6-12(13)9-14(16)18-19/h2-8,19H,9-10H2,1H3/b18-14-. The molecule has 1 aromatic heterocycles. The van der Waals surface area contributed by atoms with Crippen LogP contribution in [0.1, 0.15) is 16.8 Å². The molecule has 0 amide bonds. The third-order valence-electron chi connectivity index (χ3n) is 2.80. The van der Waals surface area contributed by atoms with Gasteiger partial charge >= 0.3 is 0 Å². The van der Waals surface area contributed by atoms with E-state index in [4.69, 9.17) is 21.5 Å². The van der Waals surface area contributed by atoms with Crippen LogP contribution in [0.3, 0.4) is 0 Å². The molecule has 20 heavy (non-hydrogen) atoms. The third kappa shape index (κ3) is 3.96. The van der Waals surface area contributed by atoms with Crippen LogP contribution in [0.5, 0.6) is 5.88 Å². The van der Waals surface area contributed by atoms with Crippen LogP contribution in [0.15, 0.2) is 47.6 Å². The average Bonchev–Trinajstić information content (AvgIpc) is 2.46. The van der Waals surface area contributed by atoms with Crippen molar-refractivity contribution in [2.24, 2.45) is 5.16 Å². The van der Waals surface area contributed by atoms with E-state index in [2.05, 4.69) is 10.1 Å². The van der Waals surface area contributed by atoms with Crippen molar-refractivity contribution in [1.82, 2.24) is 4.98 Å². The van der Waals surface area contributed by atoms with E-state index in [0.717, 1.165) is 16.8 Å². The van der Waals surface area contributed by atoms with Gasteiger partial charge in [0.05, 0.1) is 0 Å². The second-order valence-corrected chi connectivity index (χ2v) is 4.76. The minimum atomic E-state index is 0.145. The molecule has 0 spiro atoms. The van der Waals surface area contributed by atoms with Gasteiger partial charge in [0, 0.05) is 18.2 Å². The summed E-state index contributed by atoms with van der Waals surface area (Å²) in [6.45, 7) is 2.31. The van der Waals surface area contributed by atoms with Gasteiger partial charge in [-0.05, 0) is 24.1 Å². The van der Waals surface area contributed by atoms with Gasteiger partial charge in [-0.1, -0.05) is 47.1 Å². The predicted molar refractivity (Wildman–Crippen MR) is 78.5 cm³/mol. The van der Waals surface area contributed by atoms with Gasteiger partial charge in [-0.15, -0.1) is 0 Å². The number of hydrogen-bond acceptors (Lipinski definition) is 4. The molecule has 0 unspecified atom stereocenters. The lowest BCUT2D eigenvalue weighted by molar-refractivity contribution is 0.292. The lowest BCUT2D eigenvalue weighted by Gasteiger charge is -2.10. The molecule has 0 aliphatic carbocycles. The number of benzene rings is 1. The topological polar surface area (TPSA) is 54.7 Å². The van der Waals surface area contributed by atoms with E-state index in [0.29, 0.717) is 18.9 Å². The monoisotopic (exact) mass is 290 g/mol. The molecule has 0 bridgehead atoms. The molecule has 1 heterocycles. The zero-order valence-electron chi connectivity index (χ0n) is 11.1. The van der Waals surface area contributed by atoms with Crippen molar-refractivity contribution in [2.75, 3.05) is 0 Å². The summed E-state index contributed by atoms with van der Waals surface area (Å²) >= 11 is 5.76. The summed E-state index contributed by atoms with van der Waals surface area (Å²) in [5.74, 6) is 0.585. The van der Waals surface area contributed by atoms with E-state index >= 15 is 0 Å². The zero-order valence-corrected chi connectivity index (χ0v) is 11.8. The molecule has 0 radical (unpaired) electrons. The van der Waals surface area contributed by atoms with Crippen LogP contribution in [-0.2, 0) is 13.0 Å². The maximum absolute atomic E-state index is 8.64. The fourth-order valence-electron chi connectivity index (χ4n) is 1.81. The molecule has 0 fully saturated rings. The van der Waals surface area contributed by atoms with E-state index in [1.807, 2.05) is 49.4 Å². The van der Waals surface area contributed by atoms with Crippen molar-refractivity contribution in [3.05, 3.63) is 59.3 Å². The van der Waals surface area contributed by atoms with Gasteiger partial charge in [-0.2, -0.15) is 0 Å². The van der Waals surface area contributed by atoms with Gasteiger partial charge in [-0.25, -0.2) is 4.98 Å². The Morgan fingerprint density at radius 2 is 1.95 bits per heavy atom. The first-order valence-electron chi connectivity index (χ1n) is 6.18. The maximum Gasteiger partial charge on any atom is 0.213 e. The van der Waals surface area contributed by atoms with E-state index < -0.39 is 0 Å². The summed E-state index contributed by atoms with van der Waals surface area (Å²) < 4.78 is 5.67. The quantitative estimate of drug-likeness (QED) is 0.520. The van der Waals surface area contributed by atoms with Gasteiger partial charge in [-0.3, -0.25) is 0 Å². The van der Waals surface area contributed by atoms with Crippen molar-refractivity contribution in [3.8, 4) is 5.88 Å². The first kappa shape index (κ1) is 14.3. The van der Waals surface area contributed by atoms with Crippen LogP contribution >= 0.6 is 11.6 Å². The summed E-state index contributed by atoms with van der Waals surface area (Å²) in [5, 5.41) is 11.8. The van der Waals surface area contributed by atoms with E-state index in [-0.39, 0.29) is 5.17 Å². The normalized spacial score (nSPS) is 11.4. The van der Waals surface area contributed by atoms with Crippen LogP contribution < -0.4 is 4.74 Å². The van der Waals surface area contributed by atoms with Crippen LogP contribution in [-0.4, -0.2) is 15.4 Å². The van der Waals surface area contributed by atoms with Crippen molar-refractivity contribution in [1.29, 1.82) is 0 Å². The number of pyridine rings is 1. The minimum Gasteiger partial charge on any atom is -0.473 e. The fourth-order valence-corrected chi connectivity index (χ4v) is 1.96. The molecule has 4 nitrogen and oxygen atoms in total. The third-order valence-corrected chi connectivity index (χ3v) is 3.01. The highest BCUT2D eigenvalue weighted by Crippen LogP contribution is 2.15. The summed E-state index contributed by atoms with van der Waals surface area (Å²) in [5.41, 5.74) is 2.85. The summed E-state index contributed by atoms with van der Waals surface area (Å²) in [7, 11) is 0. The van der Waals surface area contributed by atoms with E-state index in [9.17, 15) is 0 Å². The molecular formula is C15H15ClN2O2. The Kier molecular flexibility index (Phi) is 4.96.